The first-order valence-corrected chi connectivity index (χ1v) is 9.77. The summed E-state index contributed by atoms with van der Waals surface area (Å²) in [5, 5.41) is 9.78. The number of piperidine rings is 1. The smallest absolute Gasteiger partial charge is 0.238 e. The van der Waals surface area contributed by atoms with Crippen molar-refractivity contribution in [2.45, 2.75) is 18.8 Å². The van der Waals surface area contributed by atoms with E-state index in [-0.39, 0.29) is 24.2 Å². The van der Waals surface area contributed by atoms with Crippen LogP contribution in [-0.2, 0) is 4.79 Å². The maximum absolute atomic E-state index is 12.8. The van der Waals surface area contributed by atoms with Gasteiger partial charge in [-0.3, -0.25) is 19.6 Å². The molecule has 2 aromatic carbocycles. The van der Waals surface area contributed by atoms with E-state index < -0.39 is 0 Å². The third-order valence-electron chi connectivity index (χ3n) is 5.17. The number of anilines is 1. The van der Waals surface area contributed by atoms with Crippen LogP contribution in [0.3, 0.4) is 0 Å². The van der Waals surface area contributed by atoms with Crippen molar-refractivity contribution in [3.8, 4) is 0 Å². The molecule has 0 bridgehead atoms. The second kappa shape index (κ2) is 8.79. The number of carbonyl (C=O) groups excluding carboxylic acids is 2. The molecule has 0 saturated carbocycles. The van der Waals surface area contributed by atoms with E-state index >= 15 is 0 Å². The van der Waals surface area contributed by atoms with E-state index in [1.807, 2.05) is 24.3 Å². The lowest BCUT2D eigenvalue weighted by molar-refractivity contribution is -0.117. The van der Waals surface area contributed by atoms with Crippen LogP contribution in [0.5, 0.6) is 0 Å². The lowest BCUT2D eigenvalue weighted by atomic mass is 9.97. The number of hydrogen-bond acceptors (Lipinski definition) is 5. The molecule has 0 spiro atoms. The highest BCUT2D eigenvalue weighted by Crippen LogP contribution is 2.24. The predicted molar refractivity (Wildman–Crippen MR) is 110 cm³/mol. The molecule has 1 atom stereocenters. The van der Waals surface area contributed by atoms with Gasteiger partial charge in [0, 0.05) is 23.6 Å². The van der Waals surface area contributed by atoms with E-state index in [4.69, 9.17) is 0 Å². The van der Waals surface area contributed by atoms with Crippen molar-refractivity contribution in [3.05, 3.63) is 77.9 Å². The number of hydrogen-bond donors (Lipinski definition) is 2. The molecule has 29 heavy (non-hydrogen) atoms. The molecular formula is C22H23N5O2. The van der Waals surface area contributed by atoms with Gasteiger partial charge in [0.15, 0.2) is 5.78 Å². The second-order valence-corrected chi connectivity index (χ2v) is 7.23. The van der Waals surface area contributed by atoms with Crippen LogP contribution in [0.15, 0.2) is 60.9 Å². The fourth-order valence-electron chi connectivity index (χ4n) is 3.76. The summed E-state index contributed by atoms with van der Waals surface area (Å²) >= 11 is 0. The molecule has 3 aromatic rings. The van der Waals surface area contributed by atoms with Crippen LogP contribution in [0.4, 0.5) is 5.69 Å². The molecule has 0 radical (unpaired) electrons. The van der Waals surface area contributed by atoms with Gasteiger partial charge in [0.1, 0.15) is 12.2 Å². The average molecular weight is 389 g/mol. The summed E-state index contributed by atoms with van der Waals surface area (Å²) in [4.78, 5) is 31.9. The van der Waals surface area contributed by atoms with Crippen LogP contribution in [0.2, 0.25) is 0 Å². The maximum Gasteiger partial charge on any atom is 0.238 e. The monoisotopic (exact) mass is 389 g/mol. The van der Waals surface area contributed by atoms with Crippen LogP contribution in [0.1, 0.15) is 40.5 Å². The summed E-state index contributed by atoms with van der Waals surface area (Å²) in [5.74, 6) is 0.890. The molecule has 7 nitrogen and oxygen atoms in total. The van der Waals surface area contributed by atoms with E-state index in [0.717, 1.165) is 31.8 Å². The molecule has 4 rings (SSSR count). The number of para-hydroxylation sites is 1. The molecule has 0 unspecified atom stereocenters. The number of likely N-dealkylation sites (tertiary alicyclic amines) is 1. The summed E-state index contributed by atoms with van der Waals surface area (Å²) in [7, 11) is 0. The zero-order chi connectivity index (χ0) is 20.1. The molecule has 2 N–H and O–H groups in total. The van der Waals surface area contributed by atoms with Crippen LogP contribution in [0.25, 0.3) is 0 Å². The van der Waals surface area contributed by atoms with Gasteiger partial charge in [-0.25, -0.2) is 4.98 Å². The summed E-state index contributed by atoms with van der Waals surface area (Å²) in [5.41, 5.74) is 1.63. The topological polar surface area (TPSA) is 91.0 Å². The molecule has 0 aliphatic carbocycles. The largest absolute Gasteiger partial charge is 0.324 e. The minimum atomic E-state index is -0.128. The highest BCUT2D eigenvalue weighted by Gasteiger charge is 2.25. The second-order valence-electron chi connectivity index (χ2n) is 7.23. The molecule has 1 aromatic heterocycles. The number of nitrogens with zero attached hydrogens (tertiary/aromatic N) is 3. The normalized spacial score (nSPS) is 17.0. The van der Waals surface area contributed by atoms with Crippen molar-refractivity contribution in [2.75, 3.05) is 25.0 Å². The zero-order valence-corrected chi connectivity index (χ0v) is 16.0. The highest BCUT2D eigenvalue weighted by atomic mass is 16.2. The third-order valence-corrected chi connectivity index (χ3v) is 5.17. The van der Waals surface area contributed by atoms with Crippen LogP contribution < -0.4 is 5.32 Å². The molecule has 1 fully saturated rings. The number of nitrogens with one attached hydrogen (secondary N) is 2. The molecular weight excluding hydrogens is 366 g/mol. The van der Waals surface area contributed by atoms with Gasteiger partial charge < -0.3 is 5.32 Å². The Bertz CT molecular complexity index is 972. The van der Waals surface area contributed by atoms with Crippen molar-refractivity contribution in [1.29, 1.82) is 0 Å². The Hall–Kier alpha value is -3.32. The van der Waals surface area contributed by atoms with Gasteiger partial charge in [0.2, 0.25) is 5.91 Å². The molecule has 148 valence electrons. The third kappa shape index (κ3) is 4.57. The number of amides is 1. The van der Waals surface area contributed by atoms with Crippen molar-refractivity contribution in [2.24, 2.45) is 0 Å². The van der Waals surface area contributed by atoms with E-state index in [9.17, 15) is 9.59 Å². The number of H-pyrrole nitrogens is 1. The van der Waals surface area contributed by atoms with Gasteiger partial charge in [-0.15, -0.1) is 0 Å². The van der Waals surface area contributed by atoms with Crippen molar-refractivity contribution < 1.29 is 9.59 Å². The fraction of sp³-hybridized carbons (Fsp3) is 0.273. The summed E-state index contributed by atoms with van der Waals surface area (Å²) in [6.45, 7) is 1.90. The van der Waals surface area contributed by atoms with E-state index in [1.165, 1.54) is 6.33 Å². The number of aromatic nitrogens is 3. The minimum absolute atomic E-state index is 0.107. The molecule has 1 amide bonds. The van der Waals surface area contributed by atoms with Gasteiger partial charge in [-0.05, 0) is 31.5 Å². The summed E-state index contributed by atoms with van der Waals surface area (Å²) < 4.78 is 0. The Morgan fingerprint density at radius 1 is 1.10 bits per heavy atom. The summed E-state index contributed by atoms with van der Waals surface area (Å²) in [6, 6.07) is 16.2. The van der Waals surface area contributed by atoms with Gasteiger partial charge in [0.25, 0.3) is 0 Å². The number of benzene rings is 2. The first kappa shape index (κ1) is 19.0. The molecule has 7 heteroatoms. The van der Waals surface area contributed by atoms with E-state index in [1.54, 1.807) is 30.3 Å². The Morgan fingerprint density at radius 3 is 2.69 bits per heavy atom. The van der Waals surface area contributed by atoms with Crippen molar-refractivity contribution in [3.63, 3.8) is 0 Å². The first-order valence-electron chi connectivity index (χ1n) is 9.77. The van der Waals surface area contributed by atoms with Gasteiger partial charge in [0.05, 0.1) is 12.2 Å². The van der Waals surface area contributed by atoms with Gasteiger partial charge in [-0.1, -0.05) is 42.5 Å². The SMILES string of the molecule is O=C(CN1CCC[C@@H](c2ncn[nH]2)C1)Nc1ccccc1C(=O)c1ccccc1. The fourth-order valence-corrected chi connectivity index (χ4v) is 3.76. The Balaban J connectivity index is 1.42. The molecule has 2 heterocycles. The predicted octanol–water partition coefficient (Wildman–Crippen LogP) is 2.85. The van der Waals surface area contributed by atoms with Crippen LogP contribution in [-0.4, -0.2) is 51.4 Å². The standard InChI is InChI=1S/C22H23N5O2/c28-20(14-27-12-6-9-17(13-27)22-23-15-24-26-22)25-19-11-5-4-10-18(19)21(29)16-7-2-1-3-8-16/h1-5,7-8,10-11,15,17H,6,9,12-14H2,(H,25,28)(H,23,24,26)/t17-/m1/s1. The lowest BCUT2D eigenvalue weighted by Crippen LogP contribution is -2.40. The van der Waals surface area contributed by atoms with Crippen molar-refractivity contribution >= 4 is 17.4 Å². The van der Waals surface area contributed by atoms with Crippen molar-refractivity contribution in [1.82, 2.24) is 20.1 Å². The Labute approximate surface area is 169 Å². The number of aromatic amines is 1. The molecule has 1 aliphatic heterocycles. The molecule has 1 saturated heterocycles. The molecule has 1 aliphatic rings. The lowest BCUT2D eigenvalue weighted by Gasteiger charge is -2.31. The Morgan fingerprint density at radius 2 is 1.90 bits per heavy atom. The number of carbonyl (C=O) groups is 2. The van der Waals surface area contributed by atoms with Gasteiger partial charge in [-0.2, -0.15) is 5.10 Å². The average Bonchev–Trinajstić information content (AvgIpc) is 3.29. The summed E-state index contributed by atoms with van der Waals surface area (Å²) in [6.07, 6.45) is 3.55. The highest BCUT2D eigenvalue weighted by molar-refractivity contribution is 6.13. The van der Waals surface area contributed by atoms with Crippen LogP contribution >= 0.6 is 0 Å². The Kier molecular flexibility index (Phi) is 5.76. The quantitative estimate of drug-likeness (QED) is 0.633. The zero-order valence-electron chi connectivity index (χ0n) is 16.0. The van der Waals surface area contributed by atoms with E-state index in [2.05, 4.69) is 25.4 Å². The number of rotatable bonds is 6. The first-order chi connectivity index (χ1) is 14.2. The van der Waals surface area contributed by atoms with Gasteiger partial charge >= 0.3 is 0 Å². The minimum Gasteiger partial charge on any atom is -0.324 e. The van der Waals surface area contributed by atoms with E-state index in [0.29, 0.717) is 16.8 Å². The number of ketones is 1. The maximum atomic E-state index is 12.8. The van der Waals surface area contributed by atoms with Crippen LogP contribution in [0, 0.1) is 0 Å².